The van der Waals surface area contributed by atoms with Gasteiger partial charge in [-0.3, -0.25) is 9.89 Å². The molecule has 1 fully saturated rings. The molecule has 1 aliphatic carbocycles. The molecular formula is C23H23F2N7O. The number of carbonyl (C=O) groups is 1. The molecule has 0 unspecified atom stereocenters. The highest BCUT2D eigenvalue weighted by Gasteiger charge is 2.29. The summed E-state index contributed by atoms with van der Waals surface area (Å²) in [5, 5.41) is 18.4. The smallest absolute Gasteiger partial charge is 0.262 e. The molecule has 0 atom stereocenters. The molecule has 2 heterocycles. The first kappa shape index (κ1) is 21.0. The summed E-state index contributed by atoms with van der Waals surface area (Å²) in [6, 6.07) is 10.6. The number of anilines is 2. The van der Waals surface area contributed by atoms with E-state index in [2.05, 4.69) is 30.9 Å². The van der Waals surface area contributed by atoms with Crippen LogP contribution >= 0.6 is 0 Å². The molecule has 0 aliphatic heterocycles. The van der Waals surface area contributed by atoms with Crippen molar-refractivity contribution in [2.45, 2.75) is 31.6 Å². The van der Waals surface area contributed by atoms with E-state index in [0.717, 1.165) is 36.4 Å². The second kappa shape index (κ2) is 7.95. The van der Waals surface area contributed by atoms with Gasteiger partial charge in [-0.2, -0.15) is 10.1 Å². The summed E-state index contributed by atoms with van der Waals surface area (Å²) in [6.45, 7) is 0.0491. The minimum absolute atomic E-state index is 0.291. The summed E-state index contributed by atoms with van der Waals surface area (Å²) in [4.78, 5) is 16.7. The molecule has 0 spiro atoms. The molecule has 170 valence electrons. The monoisotopic (exact) mass is 451 g/mol. The molecule has 0 bridgehead atoms. The maximum atomic E-state index is 13.0. The number of hydrogen-bond acceptors (Lipinski definition) is 5. The van der Waals surface area contributed by atoms with E-state index in [1.54, 1.807) is 36.0 Å². The predicted octanol–water partition coefficient (Wildman–Crippen LogP) is 4.36. The fourth-order valence-electron chi connectivity index (χ4n) is 3.80. The van der Waals surface area contributed by atoms with Crippen molar-refractivity contribution in [1.82, 2.24) is 30.3 Å². The summed E-state index contributed by atoms with van der Waals surface area (Å²) in [7, 11) is 1.80. The lowest BCUT2D eigenvalue weighted by Gasteiger charge is -2.11. The van der Waals surface area contributed by atoms with Crippen LogP contribution in [0, 0.1) is 0 Å². The van der Waals surface area contributed by atoms with Crippen LogP contribution in [0.4, 0.5) is 20.4 Å². The van der Waals surface area contributed by atoms with Crippen molar-refractivity contribution in [3.8, 4) is 11.4 Å². The number of rotatable bonds is 7. The van der Waals surface area contributed by atoms with E-state index in [1.807, 2.05) is 18.3 Å². The quantitative estimate of drug-likeness (QED) is 0.388. The number of hydrogen-bond donors (Lipinski definition) is 3. The van der Waals surface area contributed by atoms with Crippen LogP contribution in [-0.4, -0.2) is 43.3 Å². The molecule has 8 nitrogen and oxygen atoms in total. The van der Waals surface area contributed by atoms with Crippen molar-refractivity contribution in [2.75, 3.05) is 11.9 Å². The largest absolute Gasteiger partial charge is 0.346 e. The van der Waals surface area contributed by atoms with Crippen molar-refractivity contribution in [3.05, 3.63) is 53.7 Å². The van der Waals surface area contributed by atoms with E-state index < -0.39 is 18.4 Å². The number of aryl methyl sites for hydroxylation is 1. The second-order valence-corrected chi connectivity index (χ2v) is 8.47. The van der Waals surface area contributed by atoms with Crippen LogP contribution in [-0.2, 0) is 7.05 Å². The van der Waals surface area contributed by atoms with Gasteiger partial charge in [0.25, 0.3) is 11.8 Å². The van der Waals surface area contributed by atoms with E-state index in [9.17, 15) is 13.6 Å². The van der Waals surface area contributed by atoms with Crippen molar-refractivity contribution < 1.29 is 13.6 Å². The fraction of sp³-hybridized carbons (Fsp3) is 0.304. The third-order valence-corrected chi connectivity index (χ3v) is 5.63. The Morgan fingerprint density at radius 2 is 1.97 bits per heavy atom. The van der Waals surface area contributed by atoms with Gasteiger partial charge in [0.05, 0.1) is 18.3 Å². The first-order chi connectivity index (χ1) is 15.8. The normalized spacial score (nSPS) is 13.9. The molecule has 0 radical (unpaired) electrons. The molecule has 1 saturated carbocycles. The minimum Gasteiger partial charge on any atom is -0.346 e. The molecule has 0 saturated heterocycles. The predicted molar refractivity (Wildman–Crippen MR) is 121 cm³/mol. The molecular weight excluding hydrogens is 428 g/mol. The number of carbonyl (C=O) groups excluding carboxylic acids is 1. The first-order valence-corrected chi connectivity index (χ1v) is 10.7. The molecule has 10 heteroatoms. The maximum Gasteiger partial charge on any atom is 0.262 e. The number of fused-ring (bicyclic) bond motifs is 1. The van der Waals surface area contributed by atoms with Crippen LogP contribution in [0.15, 0.2) is 42.6 Å². The van der Waals surface area contributed by atoms with Crippen LogP contribution in [0.3, 0.4) is 0 Å². The standard InChI is InChI=1S/C23H23F2N7O/c1-23(24,25)12-26-21(33)15-7-5-14(6-8-15)20-29-22(32(2)31-20)28-18-10-9-17-16(11-27-30-17)19(18)13-3-4-13/h5-11,13H,3-4,12H2,1-2H3,(H,26,33)(H,27,30)(H,28,29,31). The average molecular weight is 451 g/mol. The van der Waals surface area contributed by atoms with Gasteiger partial charge in [-0.05, 0) is 48.6 Å². The zero-order valence-electron chi connectivity index (χ0n) is 18.2. The third kappa shape index (κ3) is 4.41. The Hall–Kier alpha value is -3.82. The molecule has 4 aromatic rings. The van der Waals surface area contributed by atoms with E-state index in [-0.39, 0.29) is 0 Å². The number of nitrogens with one attached hydrogen (secondary N) is 3. The number of nitrogens with zero attached hydrogens (tertiary/aromatic N) is 4. The Labute approximate surface area is 188 Å². The van der Waals surface area contributed by atoms with Gasteiger partial charge in [-0.25, -0.2) is 13.5 Å². The zero-order valence-corrected chi connectivity index (χ0v) is 18.2. The summed E-state index contributed by atoms with van der Waals surface area (Å²) in [5.41, 5.74) is 4.23. The molecule has 1 aliphatic rings. The van der Waals surface area contributed by atoms with Gasteiger partial charge >= 0.3 is 0 Å². The number of halogens is 2. The Balaban J connectivity index is 1.36. The van der Waals surface area contributed by atoms with Gasteiger partial charge < -0.3 is 10.6 Å². The highest BCUT2D eigenvalue weighted by Crippen LogP contribution is 2.47. The van der Waals surface area contributed by atoms with E-state index in [1.165, 1.54) is 5.56 Å². The number of H-pyrrole nitrogens is 1. The van der Waals surface area contributed by atoms with Gasteiger partial charge in [0.2, 0.25) is 5.95 Å². The Morgan fingerprint density at radius 3 is 2.67 bits per heavy atom. The third-order valence-electron chi connectivity index (χ3n) is 5.63. The summed E-state index contributed by atoms with van der Waals surface area (Å²) in [6.07, 6.45) is 4.16. The second-order valence-electron chi connectivity index (χ2n) is 8.47. The molecule has 1 amide bonds. The van der Waals surface area contributed by atoms with Crippen LogP contribution in [0.2, 0.25) is 0 Å². The molecule has 3 N–H and O–H groups in total. The highest BCUT2D eigenvalue weighted by atomic mass is 19.3. The van der Waals surface area contributed by atoms with E-state index in [0.29, 0.717) is 28.8 Å². The Kier molecular flexibility index (Phi) is 5.07. The maximum absolute atomic E-state index is 13.0. The van der Waals surface area contributed by atoms with Gasteiger partial charge in [0.15, 0.2) is 5.82 Å². The summed E-state index contributed by atoms with van der Waals surface area (Å²) >= 11 is 0. The molecule has 5 rings (SSSR count). The Morgan fingerprint density at radius 1 is 1.21 bits per heavy atom. The van der Waals surface area contributed by atoms with Crippen molar-refractivity contribution >= 4 is 28.4 Å². The summed E-state index contributed by atoms with van der Waals surface area (Å²) < 4.78 is 27.6. The lowest BCUT2D eigenvalue weighted by atomic mass is 10.0. The zero-order chi connectivity index (χ0) is 23.2. The molecule has 2 aromatic heterocycles. The molecule has 2 aromatic carbocycles. The van der Waals surface area contributed by atoms with Crippen LogP contribution in [0.1, 0.15) is 41.6 Å². The average Bonchev–Trinajstić information content (AvgIpc) is 3.39. The van der Waals surface area contributed by atoms with Gasteiger partial charge in [-0.1, -0.05) is 12.1 Å². The number of alkyl halides is 2. The topological polar surface area (TPSA) is 101 Å². The van der Waals surface area contributed by atoms with E-state index in [4.69, 9.17) is 0 Å². The van der Waals surface area contributed by atoms with Crippen LogP contribution < -0.4 is 10.6 Å². The number of amides is 1. The van der Waals surface area contributed by atoms with Gasteiger partial charge in [-0.15, -0.1) is 5.10 Å². The fourth-order valence-corrected chi connectivity index (χ4v) is 3.80. The number of aromatic nitrogens is 5. The van der Waals surface area contributed by atoms with Crippen molar-refractivity contribution in [2.24, 2.45) is 7.05 Å². The van der Waals surface area contributed by atoms with Gasteiger partial charge in [0.1, 0.15) is 0 Å². The Bertz CT molecular complexity index is 1320. The first-order valence-electron chi connectivity index (χ1n) is 10.7. The SMILES string of the molecule is Cn1nc(-c2ccc(C(=O)NCC(C)(F)F)cc2)nc1Nc1ccc2[nH]ncc2c1C1CC1. The highest BCUT2D eigenvalue weighted by molar-refractivity contribution is 5.94. The lowest BCUT2D eigenvalue weighted by Crippen LogP contribution is -2.34. The van der Waals surface area contributed by atoms with Crippen LogP contribution in [0.5, 0.6) is 0 Å². The number of aromatic amines is 1. The minimum atomic E-state index is -2.96. The summed E-state index contributed by atoms with van der Waals surface area (Å²) in [5.74, 6) is -1.93. The van der Waals surface area contributed by atoms with E-state index >= 15 is 0 Å². The van der Waals surface area contributed by atoms with Crippen molar-refractivity contribution in [1.29, 1.82) is 0 Å². The lowest BCUT2D eigenvalue weighted by molar-refractivity contribution is 0.0221. The van der Waals surface area contributed by atoms with Crippen molar-refractivity contribution in [3.63, 3.8) is 0 Å². The van der Waals surface area contributed by atoms with Gasteiger partial charge in [0, 0.05) is 36.2 Å². The van der Waals surface area contributed by atoms with Crippen LogP contribution in [0.25, 0.3) is 22.3 Å². The number of benzene rings is 2. The molecule has 33 heavy (non-hydrogen) atoms.